The van der Waals surface area contributed by atoms with Gasteiger partial charge in [-0.25, -0.2) is 0 Å². The van der Waals surface area contributed by atoms with Gasteiger partial charge in [0.05, 0.1) is 0 Å². The van der Waals surface area contributed by atoms with Crippen LogP contribution in [0.15, 0.2) is 134 Å². The molecule has 0 N–H and O–H groups in total. The van der Waals surface area contributed by atoms with Crippen LogP contribution in [0.4, 0.5) is 0 Å². The Morgan fingerprint density at radius 1 is 0.296 bits per heavy atom. The molecule has 0 rings (SSSR count). The van der Waals surface area contributed by atoms with E-state index >= 15 is 0 Å². The zero-order chi connectivity index (χ0) is 51.4. The number of ether oxygens (including phenoxy) is 3. The Labute approximate surface area is 436 Å². The molecule has 0 aromatic carbocycles. The van der Waals surface area contributed by atoms with Crippen LogP contribution in [0.1, 0.15) is 239 Å². The largest absolute Gasteiger partial charge is 0.462 e. The van der Waals surface area contributed by atoms with Gasteiger partial charge in [0.15, 0.2) is 6.10 Å². The van der Waals surface area contributed by atoms with Crippen molar-refractivity contribution in [3.05, 3.63) is 134 Å². The summed E-state index contributed by atoms with van der Waals surface area (Å²) < 4.78 is 16.7. The highest BCUT2D eigenvalue weighted by Gasteiger charge is 2.19. The lowest BCUT2D eigenvalue weighted by atomic mass is 10.1. The minimum Gasteiger partial charge on any atom is -0.462 e. The molecule has 0 radical (unpaired) electrons. The quantitative estimate of drug-likeness (QED) is 0.0262. The van der Waals surface area contributed by atoms with E-state index in [1.54, 1.807) is 0 Å². The predicted molar refractivity (Wildman–Crippen MR) is 306 cm³/mol. The summed E-state index contributed by atoms with van der Waals surface area (Å²) in [6.45, 7) is 6.29. The fourth-order valence-electron chi connectivity index (χ4n) is 7.41. The van der Waals surface area contributed by atoms with Gasteiger partial charge in [-0.05, 0) is 116 Å². The fourth-order valence-corrected chi connectivity index (χ4v) is 7.41. The van der Waals surface area contributed by atoms with Gasteiger partial charge in [-0.1, -0.05) is 238 Å². The van der Waals surface area contributed by atoms with E-state index in [4.69, 9.17) is 14.2 Å². The van der Waals surface area contributed by atoms with Crippen LogP contribution in [-0.4, -0.2) is 37.2 Å². The van der Waals surface area contributed by atoms with Gasteiger partial charge in [-0.15, -0.1) is 0 Å². The lowest BCUT2D eigenvalue weighted by Crippen LogP contribution is -2.30. The van der Waals surface area contributed by atoms with Gasteiger partial charge in [0.25, 0.3) is 0 Å². The van der Waals surface area contributed by atoms with Crippen molar-refractivity contribution in [3.63, 3.8) is 0 Å². The van der Waals surface area contributed by atoms with E-state index in [-0.39, 0.29) is 31.1 Å². The van der Waals surface area contributed by atoms with Gasteiger partial charge >= 0.3 is 17.9 Å². The Morgan fingerprint density at radius 2 is 0.549 bits per heavy atom. The Balaban J connectivity index is 4.20. The monoisotopic (exact) mass is 981 g/mol. The maximum absolute atomic E-state index is 12.8. The summed E-state index contributed by atoms with van der Waals surface area (Å²) in [4.78, 5) is 37.8. The molecule has 0 spiro atoms. The Bertz CT molecular complexity index is 1550. The molecule has 0 amide bonds. The minimum atomic E-state index is -0.792. The molecule has 0 fully saturated rings. The lowest BCUT2D eigenvalue weighted by Gasteiger charge is -2.18. The summed E-state index contributed by atoms with van der Waals surface area (Å²) in [5, 5.41) is 0. The van der Waals surface area contributed by atoms with E-state index in [0.717, 1.165) is 161 Å². The van der Waals surface area contributed by atoms with E-state index in [1.165, 1.54) is 38.5 Å². The van der Waals surface area contributed by atoms with Crippen molar-refractivity contribution in [2.24, 2.45) is 0 Å². The molecule has 0 aliphatic heterocycles. The van der Waals surface area contributed by atoms with E-state index < -0.39 is 6.10 Å². The van der Waals surface area contributed by atoms with E-state index in [9.17, 15) is 14.4 Å². The number of hydrogen-bond donors (Lipinski definition) is 0. The molecule has 71 heavy (non-hydrogen) atoms. The molecule has 0 bridgehead atoms. The van der Waals surface area contributed by atoms with Crippen LogP contribution in [0.3, 0.4) is 0 Å². The molecule has 0 saturated carbocycles. The summed E-state index contributed by atoms with van der Waals surface area (Å²) in [5.41, 5.74) is 0. The smallest absolute Gasteiger partial charge is 0.306 e. The molecule has 0 aliphatic carbocycles. The molecule has 400 valence electrons. The second-order valence-electron chi connectivity index (χ2n) is 18.4. The maximum atomic E-state index is 12.8. The summed E-state index contributed by atoms with van der Waals surface area (Å²) in [6, 6.07) is 0. The van der Waals surface area contributed by atoms with E-state index in [0.29, 0.717) is 19.3 Å². The molecule has 6 heteroatoms. The second-order valence-corrected chi connectivity index (χ2v) is 18.4. The first-order valence-electron chi connectivity index (χ1n) is 28.7. The third kappa shape index (κ3) is 56.3. The van der Waals surface area contributed by atoms with Gasteiger partial charge < -0.3 is 14.2 Å². The average Bonchev–Trinajstić information content (AvgIpc) is 3.37. The first kappa shape index (κ1) is 66.6. The predicted octanol–water partition coefficient (Wildman–Crippen LogP) is 19.4. The van der Waals surface area contributed by atoms with Crippen LogP contribution >= 0.6 is 0 Å². The number of carbonyl (C=O) groups is 3. The zero-order valence-corrected chi connectivity index (χ0v) is 45.7. The molecule has 0 heterocycles. The number of hydrogen-bond acceptors (Lipinski definition) is 6. The van der Waals surface area contributed by atoms with Crippen molar-refractivity contribution in [3.8, 4) is 0 Å². The van der Waals surface area contributed by atoms with E-state index in [2.05, 4.69) is 154 Å². The zero-order valence-electron chi connectivity index (χ0n) is 45.7. The Morgan fingerprint density at radius 3 is 0.859 bits per heavy atom. The van der Waals surface area contributed by atoms with Crippen molar-refractivity contribution in [2.75, 3.05) is 13.2 Å². The second kappa shape index (κ2) is 58.1. The Hall–Kier alpha value is -4.45. The highest BCUT2D eigenvalue weighted by atomic mass is 16.6. The molecule has 0 aromatic heterocycles. The maximum Gasteiger partial charge on any atom is 0.306 e. The molecule has 0 aromatic rings. The molecule has 1 atom stereocenters. The SMILES string of the molecule is CC/C=C\C/C=C\C/C=C\C/C=C\C/C=C\C/C=C\CCCCCCCCC(=O)OCC(COC(=O)CCCCCCC)OC(=O)CCCCCCCCC/C=C\C/C=C\C/C=C\C/C=C\C/C=C\CC. The molecular weight excluding hydrogens is 877 g/mol. The molecule has 1 unspecified atom stereocenters. The molecular formula is C65H104O6. The average molecular weight is 982 g/mol. The highest BCUT2D eigenvalue weighted by molar-refractivity contribution is 5.71. The van der Waals surface area contributed by atoms with Crippen molar-refractivity contribution < 1.29 is 28.6 Å². The topological polar surface area (TPSA) is 78.9 Å². The molecule has 6 nitrogen and oxygen atoms in total. The number of esters is 3. The van der Waals surface area contributed by atoms with Crippen LogP contribution in [-0.2, 0) is 28.6 Å². The van der Waals surface area contributed by atoms with Crippen molar-refractivity contribution in [1.82, 2.24) is 0 Å². The van der Waals surface area contributed by atoms with Gasteiger partial charge in [-0.2, -0.15) is 0 Å². The number of unbranched alkanes of at least 4 members (excludes halogenated alkanes) is 17. The normalized spacial score (nSPS) is 13.1. The van der Waals surface area contributed by atoms with Gasteiger partial charge in [0.1, 0.15) is 13.2 Å². The summed E-state index contributed by atoms with van der Waals surface area (Å²) in [6.07, 6.45) is 81.9. The van der Waals surface area contributed by atoms with Crippen LogP contribution < -0.4 is 0 Å². The first-order valence-corrected chi connectivity index (χ1v) is 28.7. The fraction of sp³-hybridized carbons (Fsp3) is 0.615. The van der Waals surface area contributed by atoms with Crippen LogP contribution in [0.5, 0.6) is 0 Å². The third-order valence-corrected chi connectivity index (χ3v) is 11.7. The van der Waals surface area contributed by atoms with Crippen LogP contribution in [0.2, 0.25) is 0 Å². The summed E-state index contributed by atoms with van der Waals surface area (Å²) in [7, 11) is 0. The first-order chi connectivity index (χ1) is 35.0. The van der Waals surface area contributed by atoms with Crippen molar-refractivity contribution in [1.29, 1.82) is 0 Å². The van der Waals surface area contributed by atoms with Crippen molar-refractivity contribution >= 4 is 17.9 Å². The van der Waals surface area contributed by atoms with Gasteiger partial charge in [-0.3, -0.25) is 14.4 Å². The Kier molecular flexibility index (Phi) is 54.5. The lowest BCUT2D eigenvalue weighted by molar-refractivity contribution is -0.167. The number of allylic oxidation sites excluding steroid dienone is 22. The summed E-state index contributed by atoms with van der Waals surface area (Å²) >= 11 is 0. The minimum absolute atomic E-state index is 0.0923. The highest BCUT2D eigenvalue weighted by Crippen LogP contribution is 2.14. The third-order valence-electron chi connectivity index (χ3n) is 11.7. The van der Waals surface area contributed by atoms with Gasteiger partial charge in [0.2, 0.25) is 0 Å². The molecule has 0 saturated heterocycles. The van der Waals surface area contributed by atoms with Gasteiger partial charge in [0, 0.05) is 19.3 Å². The van der Waals surface area contributed by atoms with Crippen LogP contribution in [0.25, 0.3) is 0 Å². The summed E-state index contributed by atoms with van der Waals surface area (Å²) in [5.74, 6) is -0.938. The van der Waals surface area contributed by atoms with E-state index in [1.807, 2.05) is 0 Å². The number of carbonyl (C=O) groups excluding carboxylic acids is 3. The standard InChI is InChI=1S/C65H104O6/c1-4-7-10-13-15-17-19-21-23-25-27-29-31-32-34-35-37-39-41-43-45-47-49-52-55-58-64(67)70-61-62(60-69-63(66)57-54-51-12-9-6-3)71-65(68)59-56-53-50-48-46-44-42-40-38-36-33-30-28-26-24-22-20-18-16-14-11-8-5-2/h7-8,10-11,15-18,21-24,27-30,32,34,36-39,62H,4-6,9,12-14,19-20,25-26,31,33,35,40-61H2,1-3H3/b10-7-,11-8-,17-15-,18-16-,23-21-,24-22-,29-27-,30-28-,34-32-,38-36-,39-37-. The van der Waals surface area contributed by atoms with Crippen LogP contribution in [0, 0.1) is 0 Å². The number of rotatable bonds is 50. The molecule has 0 aliphatic rings. The van der Waals surface area contributed by atoms with Crippen molar-refractivity contribution in [2.45, 2.75) is 245 Å².